The molecule has 0 radical (unpaired) electrons. The second-order valence-electron chi connectivity index (χ2n) is 1.91. The third kappa shape index (κ3) is 2.17. The molecular formula is C7H3ClF2O2. The first-order valence-electron chi connectivity index (χ1n) is 2.92. The Hall–Kier alpha value is -1.16. The van der Waals surface area contributed by atoms with Crippen LogP contribution < -0.4 is 4.74 Å². The second-order valence-corrected chi connectivity index (χ2v) is 2.22. The number of halogens is 3. The quantitative estimate of drug-likeness (QED) is 0.640. The Morgan fingerprint density at radius 1 is 1.42 bits per heavy atom. The van der Waals surface area contributed by atoms with Crippen molar-refractivity contribution in [3.63, 3.8) is 0 Å². The molecule has 0 aliphatic carbocycles. The molecule has 0 fully saturated rings. The molecule has 0 saturated heterocycles. The minimum atomic E-state index is -1.17. The fourth-order valence-corrected chi connectivity index (χ4v) is 0.728. The van der Waals surface area contributed by atoms with Crippen molar-refractivity contribution >= 4 is 17.0 Å². The summed E-state index contributed by atoms with van der Waals surface area (Å²) >= 11 is 4.80. The first kappa shape index (κ1) is 8.93. The van der Waals surface area contributed by atoms with Gasteiger partial charge in [0, 0.05) is 17.7 Å². The maximum absolute atomic E-state index is 12.6. The van der Waals surface area contributed by atoms with E-state index in [1.54, 1.807) is 0 Å². The minimum Gasteiger partial charge on any atom is -0.411 e. The normalized spacial score (nSPS) is 9.58. The van der Waals surface area contributed by atoms with Gasteiger partial charge in [0.1, 0.15) is 5.82 Å². The summed E-state index contributed by atoms with van der Waals surface area (Å²) in [6.45, 7) is 0. The van der Waals surface area contributed by atoms with Crippen molar-refractivity contribution in [2.24, 2.45) is 0 Å². The molecule has 0 saturated carbocycles. The summed E-state index contributed by atoms with van der Waals surface area (Å²) in [7, 11) is 0. The van der Waals surface area contributed by atoms with Gasteiger partial charge in [-0.3, -0.25) is 0 Å². The van der Waals surface area contributed by atoms with Gasteiger partial charge in [0.15, 0.2) is 11.6 Å². The van der Waals surface area contributed by atoms with E-state index in [9.17, 15) is 13.6 Å². The number of carbonyl (C=O) groups is 1. The molecule has 0 aliphatic rings. The van der Waals surface area contributed by atoms with Crippen molar-refractivity contribution in [1.29, 1.82) is 0 Å². The number of carbonyl (C=O) groups excluding carboxylic acids is 1. The molecule has 1 rings (SSSR count). The van der Waals surface area contributed by atoms with Crippen LogP contribution in [0.4, 0.5) is 13.6 Å². The Kier molecular flexibility index (Phi) is 2.60. The Labute approximate surface area is 71.7 Å². The lowest BCUT2D eigenvalue weighted by Crippen LogP contribution is -1.98. The molecule has 0 atom stereocenters. The summed E-state index contributed by atoms with van der Waals surface area (Å²) < 4.78 is 29.1. The van der Waals surface area contributed by atoms with Crippen molar-refractivity contribution in [2.75, 3.05) is 0 Å². The molecule has 0 amide bonds. The van der Waals surface area contributed by atoms with E-state index in [-0.39, 0.29) is 0 Å². The summed E-state index contributed by atoms with van der Waals surface area (Å²) in [6.07, 6.45) is 0. The van der Waals surface area contributed by atoms with Gasteiger partial charge in [-0.05, 0) is 12.1 Å². The third-order valence-electron chi connectivity index (χ3n) is 1.08. The Morgan fingerprint density at radius 3 is 2.58 bits per heavy atom. The van der Waals surface area contributed by atoms with Crippen LogP contribution in [0.1, 0.15) is 0 Å². The summed E-state index contributed by atoms with van der Waals surface area (Å²) in [4.78, 5) is 10.1. The predicted octanol–water partition coefficient (Wildman–Crippen LogP) is 2.70. The van der Waals surface area contributed by atoms with Gasteiger partial charge in [-0.15, -0.1) is 0 Å². The van der Waals surface area contributed by atoms with E-state index in [4.69, 9.17) is 11.6 Å². The molecule has 0 unspecified atom stereocenters. The number of benzene rings is 1. The first-order chi connectivity index (χ1) is 5.59. The zero-order chi connectivity index (χ0) is 9.14. The standard InChI is InChI=1S/C7H3ClF2O2/c8-7(11)12-6-2-1-4(9)3-5(6)10/h1-3H. The summed E-state index contributed by atoms with van der Waals surface area (Å²) in [5, 5.41) is 0. The smallest absolute Gasteiger partial charge is 0.409 e. The lowest BCUT2D eigenvalue weighted by molar-refractivity contribution is 0.223. The topological polar surface area (TPSA) is 26.3 Å². The van der Waals surface area contributed by atoms with Crippen molar-refractivity contribution < 1.29 is 18.3 Å². The van der Waals surface area contributed by atoms with Crippen molar-refractivity contribution in [1.82, 2.24) is 0 Å². The van der Waals surface area contributed by atoms with Crippen LogP contribution in [0.2, 0.25) is 0 Å². The monoisotopic (exact) mass is 192 g/mol. The molecule has 2 nitrogen and oxygen atoms in total. The SMILES string of the molecule is O=C(Cl)Oc1ccc(F)cc1F. The van der Waals surface area contributed by atoms with E-state index in [2.05, 4.69) is 4.74 Å². The van der Waals surface area contributed by atoms with Gasteiger partial charge in [0.25, 0.3) is 0 Å². The van der Waals surface area contributed by atoms with Crippen LogP contribution in [0.15, 0.2) is 18.2 Å². The first-order valence-corrected chi connectivity index (χ1v) is 3.30. The van der Waals surface area contributed by atoms with Gasteiger partial charge >= 0.3 is 5.43 Å². The van der Waals surface area contributed by atoms with E-state index in [0.717, 1.165) is 12.1 Å². The van der Waals surface area contributed by atoms with Gasteiger partial charge in [-0.1, -0.05) is 0 Å². The average molecular weight is 193 g/mol. The molecule has 64 valence electrons. The van der Waals surface area contributed by atoms with Crippen LogP contribution >= 0.6 is 11.6 Å². The summed E-state index contributed by atoms with van der Waals surface area (Å²) in [5.41, 5.74) is -1.17. The van der Waals surface area contributed by atoms with E-state index >= 15 is 0 Å². The molecule has 0 bridgehead atoms. The van der Waals surface area contributed by atoms with Crippen LogP contribution in [0, 0.1) is 11.6 Å². The number of ether oxygens (including phenoxy) is 1. The predicted molar refractivity (Wildman–Crippen MR) is 38.2 cm³/mol. The number of rotatable bonds is 1. The molecule has 12 heavy (non-hydrogen) atoms. The largest absolute Gasteiger partial charge is 0.411 e. The molecule has 5 heteroatoms. The van der Waals surface area contributed by atoms with E-state index < -0.39 is 22.8 Å². The maximum atomic E-state index is 12.6. The summed E-state index contributed by atoms with van der Waals surface area (Å²) in [5.74, 6) is -2.11. The Morgan fingerprint density at radius 2 is 2.08 bits per heavy atom. The fourth-order valence-electron chi connectivity index (χ4n) is 0.644. The van der Waals surface area contributed by atoms with Crippen LogP contribution in [0.3, 0.4) is 0 Å². The zero-order valence-electron chi connectivity index (χ0n) is 5.68. The molecule has 1 aromatic carbocycles. The van der Waals surface area contributed by atoms with Crippen molar-refractivity contribution in [2.45, 2.75) is 0 Å². The summed E-state index contributed by atoms with van der Waals surface area (Å²) in [6, 6.07) is 2.53. The lowest BCUT2D eigenvalue weighted by atomic mass is 10.3. The van der Waals surface area contributed by atoms with Crippen LogP contribution in [-0.4, -0.2) is 5.43 Å². The highest BCUT2D eigenvalue weighted by molar-refractivity contribution is 6.61. The highest BCUT2D eigenvalue weighted by Crippen LogP contribution is 2.18. The molecule has 0 heterocycles. The number of hydrogen-bond donors (Lipinski definition) is 0. The molecule has 0 aromatic heterocycles. The average Bonchev–Trinajstić information content (AvgIpc) is 1.94. The van der Waals surface area contributed by atoms with Gasteiger partial charge in [-0.25, -0.2) is 13.6 Å². The third-order valence-corrected chi connectivity index (χ3v) is 1.16. The van der Waals surface area contributed by atoms with Crippen molar-refractivity contribution in [3.05, 3.63) is 29.8 Å². The van der Waals surface area contributed by atoms with E-state index in [1.807, 2.05) is 0 Å². The minimum absolute atomic E-state index is 0.392. The molecular weight excluding hydrogens is 190 g/mol. The molecule has 0 aliphatic heterocycles. The van der Waals surface area contributed by atoms with Gasteiger partial charge in [-0.2, -0.15) is 0 Å². The van der Waals surface area contributed by atoms with E-state index in [0.29, 0.717) is 6.07 Å². The maximum Gasteiger partial charge on any atom is 0.409 e. The fraction of sp³-hybridized carbons (Fsp3) is 0. The molecule has 0 N–H and O–H groups in total. The van der Waals surface area contributed by atoms with Gasteiger partial charge < -0.3 is 4.74 Å². The van der Waals surface area contributed by atoms with Crippen molar-refractivity contribution in [3.8, 4) is 5.75 Å². The molecule has 0 spiro atoms. The zero-order valence-corrected chi connectivity index (χ0v) is 6.44. The Balaban J connectivity index is 2.93. The highest BCUT2D eigenvalue weighted by Gasteiger charge is 2.07. The van der Waals surface area contributed by atoms with Gasteiger partial charge in [0.2, 0.25) is 0 Å². The lowest BCUT2D eigenvalue weighted by Gasteiger charge is -1.99. The van der Waals surface area contributed by atoms with Crippen LogP contribution in [-0.2, 0) is 0 Å². The van der Waals surface area contributed by atoms with Gasteiger partial charge in [0.05, 0.1) is 0 Å². The Bertz CT molecular complexity index is 314. The van der Waals surface area contributed by atoms with Crippen LogP contribution in [0.25, 0.3) is 0 Å². The molecule has 1 aromatic rings. The highest BCUT2D eigenvalue weighted by atomic mass is 35.5. The number of hydrogen-bond acceptors (Lipinski definition) is 2. The van der Waals surface area contributed by atoms with E-state index in [1.165, 1.54) is 0 Å². The van der Waals surface area contributed by atoms with Crippen LogP contribution in [0.5, 0.6) is 5.75 Å². The second kappa shape index (κ2) is 3.49.